The van der Waals surface area contributed by atoms with Gasteiger partial charge in [0.2, 0.25) is 0 Å². The van der Waals surface area contributed by atoms with Crippen molar-refractivity contribution in [2.75, 3.05) is 44.3 Å². The van der Waals surface area contributed by atoms with Crippen LogP contribution >= 0.6 is 11.3 Å². The lowest BCUT2D eigenvalue weighted by atomic mass is 10.3. The number of aromatic nitrogens is 3. The van der Waals surface area contributed by atoms with Crippen molar-refractivity contribution in [3.63, 3.8) is 0 Å². The highest BCUT2D eigenvalue weighted by molar-refractivity contribution is 7.22. The molecular formula is C19H21F2N5O2S. The molecule has 0 atom stereocenters. The third-order valence-electron chi connectivity index (χ3n) is 4.88. The minimum atomic E-state index is -0.733. The first-order valence-electron chi connectivity index (χ1n) is 9.38. The van der Waals surface area contributed by atoms with Crippen LogP contribution in [0.15, 0.2) is 24.4 Å². The molecular weight excluding hydrogens is 400 g/mol. The van der Waals surface area contributed by atoms with Gasteiger partial charge in [0.15, 0.2) is 10.9 Å². The van der Waals surface area contributed by atoms with E-state index in [1.165, 1.54) is 15.6 Å². The molecule has 0 spiro atoms. The largest absolute Gasteiger partial charge is 0.379 e. The Morgan fingerprint density at radius 1 is 1.31 bits per heavy atom. The first-order valence-corrected chi connectivity index (χ1v) is 10.2. The average molecular weight is 421 g/mol. The number of amides is 1. The van der Waals surface area contributed by atoms with Gasteiger partial charge in [-0.3, -0.25) is 19.3 Å². The first kappa shape index (κ1) is 19.9. The van der Waals surface area contributed by atoms with Gasteiger partial charge < -0.3 is 4.74 Å². The van der Waals surface area contributed by atoms with Crippen molar-refractivity contribution in [3.8, 4) is 0 Å². The number of rotatable bonds is 6. The van der Waals surface area contributed by atoms with Crippen molar-refractivity contribution in [2.45, 2.75) is 6.42 Å². The van der Waals surface area contributed by atoms with Crippen LogP contribution in [0, 0.1) is 11.6 Å². The van der Waals surface area contributed by atoms with Gasteiger partial charge in [-0.2, -0.15) is 5.10 Å². The molecule has 29 heavy (non-hydrogen) atoms. The number of thiazole rings is 1. The molecule has 1 saturated heterocycles. The Hall–Kier alpha value is -2.43. The number of anilines is 1. The molecule has 0 radical (unpaired) electrons. The standard InChI is InChI=1S/C19H21F2N5O2S/c1-24-15(3-4-22-24)18(27)26(6-2-5-25-7-9-28-10-8-25)19-23-17-14(21)11-13(20)12-16(17)29-19/h3-4,11-12H,2,5-10H2,1H3. The van der Waals surface area contributed by atoms with Crippen LogP contribution < -0.4 is 4.90 Å². The molecule has 0 saturated carbocycles. The van der Waals surface area contributed by atoms with Crippen LogP contribution in [0.3, 0.4) is 0 Å². The first-order chi connectivity index (χ1) is 14.0. The molecule has 7 nitrogen and oxygen atoms in total. The average Bonchev–Trinajstić information content (AvgIpc) is 3.32. The van der Waals surface area contributed by atoms with E-state index in [0.717, 1.165) is 43.5 Å². The Balaban J connectivity index is 1.60. The van der Waals surface area contributed by atoms with E-state index in [-0.39, 0.29) is 11.4 Å². The van der Waals surface area contributed by atoms with Gasteiger partial charge in [0, 0.05) is 45.5 Å². The second kappa shape index (κ2) is 8.52. The maximum absolute atomic E-state index is 14.1. The number of hydrogen-bond donors (Lipinski definition) is 0. The topological polar surface area (TPSA) is 63.5 Å². The SMILES string of the molecule is Cn1nccc1C(=O)N(CCCN1CCOCC1)c1nc2c(F)cc(F)cc2s1. The van der Waals surface area contributed by atoms with Crippen molar-refractivity contribution in [2.24, 2.45) is 7.05 Å². The predicted molar refractivity (Wildman–Crippen MR) is 106 cm³/mol. The van der Waals surface area contributed by atoms with Crippen LogP contribution in [-0.2, 0) is 11.8 Å². The Bertz CT molecular complexity index is 1020. The van der Waals surface area contributed by atoms with Gasteiger partial charge in [-0.15, -0.1) is 0 Å². The number of aryl methyl sites for hydroxylation is 1. The van der Waals surface area contributed by atoms with Crippen LogP contribution in [-0.4, -0.2) is 65.0 Å². The molecule has 1 aliphatic rings. The monoisotopic (exact) mass is 421 g/mol. The number of halogens is 2. The molecule has 0 aliphatic carbocycles. The van der Waals surface area contributed by atoms with E-state index in [4.69, 9.17) is 4.74 Å². The van der Waals surface area contributed by atoms with E-state index in [1.54, 1.807) is 19.3 Å². The quantitative estimate of drug-likeness (QED) is 0.612. The minimum absolute atomic E-state index is 0.0717. The van der Waals surface area contributed by atoms with Gasteiger partial charge >= 0.3 is 0 Å². The maximum atomic E-state index is 14.1. The summed E-state index contributed by atoms with van der Waals surface area (Å²) < 4.78 is 34.9. The molecule has 1 aliphatic heterocycles. The van der Waals surface area contributed by atoms with Crippen molar-refractivity contribution in [3.05, 3.63) is 41.7 Å². The molecule has 0 unspecified atom stereocenters. The lowest BCUT2D eigenvalue weighted by Crippen LogP contribution is -2.39. The van der Waals surface area contributed by atoms with Crippen LogP contribution in [0.25, 0.3) is 10.2 Å². The number of ether oxygens (including phenoxy) is 1. The number of hydrogen-bond acceptors (Lipinski definition) is 6. The van der Waals surface area contributed by atoms with Crippen LogP contribution in [0.2, 0.25) is 0 Å². The lowest BCUT2D eigenvalue weighted by Gasteiger charge is -2.27. The van der Waals surface area contributed by atoms with Crippen molar-refractivity contribution in [1.82, 2.24) is 19.7 Å². The second-order valence-electron chi connectivity index (χ2n) is 6.84. The highest BCUT2D eigenvalue weighted by Crippen LogP contribution is 2.32. The Morgan fingerprint density at radius 3 is 2.83 bits per heavy atom. The maximum Gasteiger partial charge on any atom is 0.278 e. The highest BCUT2D eigenvalue weighted by Gasteiger charge is 2.24. The molecule has 1 aromatic carbocycles. The summed E-state index contributed by atoms with van der Waals surface area (Å²) in [5, 5.41) is 4.40. The molecule has 0 N–H and O–H groups in total. The molecule has 1 amide bonds. The smallest absolute Gasteiger partial charge is 0.278 e. The molecule has 3 heterocycles. The highest BCUT2D eigenvalue weighted by atomic mass is 32.1. The van der Waals surface area contributed by atoms with E-state index < -0.39 is 11.6 Å². The van der Waals surface area contributed by atoms with Gasteiger partial charge in [0.05, 0.1) is 17.9 Å². The number of carbonyl (C=O) groups is 1. The predicted octanol–water partition coefficient (Wildman–Crippen LogP) is 2.68. The summed E-state index contributed by atoms with van der Waals surface area (Å²) in [6.07, 6.45) is 2.27. The summed E-state index contributed by atoms with van der Waals surface area (Å²) in [5.41, 5.74) is 0.477. The van der Waals surface area contributed by atoms with Gasteiger partial charge in [-0.1, -0.05) is 11.3 Å². The molecule has 10 heteroatoms. The number of nitrogens with zero attached hydrogens (tertiary/aromatic N) is 5. The van der Waals surface area contributed by atoms with E-state index in [0.29, 0.717) is 35.3 Å². The summed E-state index contributed by atoms with van der Waals surface area (Å²) in [6.45, 7) is 4.36. The minimum Gasteiger partial charge on any atom is -0.379 e. The number of morpholine rings is 1. The molecule has 2 aromatic heterocycles. The zero-order valence-corrected chi connectivity index (χ0v) is 16.8. The van der Waals surface area contributed by atoms with Crippen LogP contribution in [0.5, 0.6) is 0 Å². The van der Waals surface area contributed by atoms with E-state index in [2.05, 4.69) is 15.0 Å². The summed E-state index contributed by atoms with van der Waals surface area (Å²) in [5.74, 6) is -1.67. The summed E-state index contributed by atoms with van der Waals surface area (Å²) in [4.78, 5) is 21.3. The van der Waals surface area contributed by atoms with E-state index in [9.17, 15) is 13.6 Å². The summed E-state index contributed by atoms with van der Waals surface area (Å²) in [7, 11) is 1.69. The summed E-state index contributed by atoms with van der Waals surface area (Å²) in [6, 6.07) is 3.67. The Kier molecular flexibility index (Phi) is 5.84. The van der Waals surface area contributed by atoms with Crippen molar-refractivity contribution >= 4 is 32.6 Å². The van der Waals surface area contributed by atoms with Gasteiger partial charge in [0.25, 0.3) is 5.91 Å². The van der Waals surface area contributed by atoms with Crippen molar-refractivity contribution < 1.29 is 18.3 Å². The third-order valence-corrected chi connectivity index (χ3v) is 5.90. The zero-order chi connectivity index (χ0) is 20.4. The molecule has 4 rings (SSSR count). The van der Waals surface area contributed by atoms with E-state index >= 15 is 0 Å². The molecule has 3 aromatic rings. The normalized spacial score (nSPS) is 15.1. The second-order valence-corrected chi connectivity index (χ2v) is 7.84. The lowest BCUT2D eigenvalue weighted by molar-refractivity contribution is 0.0376. The van der Waals surface area contributed by atoms with Gasteiger partial charge in [0.1, 0.15) is 17.0 Å². The fourth-order valence-electron chi connectivity index (χ4n) is 3.34. The Labute approximate surface area is 170 Å². The fraction of sp³-hybridized carbons (Fsp3) is 0.421. The third kappa shape index (κ3) is 4.29. The van der Waals surface area contributed by atoms with E-state index in [1.807, 2.05) is 0 Å². The molecule has 0 bridgehead atoms. The van der Waals surface area contributed by atoms with Gasteiger partial charge in [-0.05, 0) is 18.6 Å². The zero-order valence-electron chi connectivity index (χ0n) is 16.0. The number of fused-ring (bicyclic) bond motifs is 1. The fourth-order valence-corrected chi connectivity index (χ4v) is 4.37. The molecule has 1 fully saturated rings. The number of benzene rings is 1. The van der Waals surface area contributed by atoms with Crippen molar-refractivity contribution in [1.29, 1.82) is 0 Å². The van der Waals surface area contributed by atoms with Crippen LogP contribution in [0.4, 0.5) is 13.9 Å². The summed E-state index contributed by atoms with van der Waals surface area (Å²) >= 11 is 1.10. The Morgan fingerprint density at radius 2 is 2.10 bits per heavy atom. The molecule has 154 valence electrons. The number of carbonyl (C=O) groups excluding carboxylic acids is 1. The van der Waals surface area contributed by atoms with Crippen LogP contribution in [0.1, 0.15) is 16.9 Å². The van der Waals surface area contributed by atoms with Gasteiger partial charge in [-0.25, -0.2) is 13.8 Å².